The third kappa shape index (κ3) is 4.69. The van der Waals surface area contributed by atoms with Crippen LogP contribution in [-0.4, -0.2) is 22.9 Å². The van der Waals surface area contributed by atoms with Crippen molar-refractivity contribution in [2.45, 2.75) is 36.8 Å². The Morgan fingerprint density at radius 1 is 1.35 bits per heavy atom. The number of nitrogens with one attached hydrogen (secondary N) is 1. The topological polar surface area (TPSA) is 49.3 Å². The molecule has 0 saturated heterocycles. The number of carboxylic acid groups (broad SMARTS) is 1. The molecule has 0 spiro atoms. The van der Waals surface area contributed by atoms with Crippen molar-refractivity contribution in [2.24, 2.45) is 0 Å². The third-order valence-electron chi connectivity index (χ3n) is 2.34. The van der Waals surface area contributed by atoms with Gasteiger partial charge in [-0.3, -0.25) is 4.79 Å². The number of anilines is 1. The smallest absolute Gasteiger partial charge is 0.316 e. The van der Waals surface area contributed by atoms with Gasteiger partial charge in [0.05, 0.1) is 0 Å². The molecule has 0 saturated carbocycles. The van der Waals surface area contributed by atoms with E-state index in [1.807, 2.05) is 38.1 Å². The van der Waals surface area contributed by atoms with Crippen LogP contribution in [0.15, 0.2) is 29.2 Å². The second kappa shape index (κ2) is 7.22. The molecule has 3 nitrogen and oxygen atoms in total. The first-order valence-corrected chi connectivity index (χ1v) is 6.78. The van der Waals surface area contributed by atoms with Crippen LogP contribution in [0.1, 0.15) is 26.7 Å². The molecule has 1 rings (SSSR count). The molecule has 1 unspecified atom stereocenters. The highest BCUT2D eigenvalue weighted by molar-refractivity contribution is 8.00. The van der Waals surface area contributed by atoms with Crippen molar-refractivity contribution in [2.75, 3.05) is 11.9 Å². The molecule has 1 aromatic rings. The zero-order valence-corrected chi connectivity index (χ0v) is 11.1. The summed E-state index contributed by atoms with van der Waals surface area (Å²) >= 11 is 1.42. The molecular weight excluding hydrogens is 234 g/mol. The molecule has 0 bridgehead atoms. The van der Waals surface area contributed by atoms with E-state index in [1.54, 1.807) is 0 Å². The van der Waals surface area contributed by atoms with Crippen molar-refractivity contribution < 1.29 is 9.90 Å². The molecule has 1 atom stereocenters. The minimum Gasteiger partial charge on any atom is -0.480 e. The van der Waals surface area contributed by atoms with Crippen molar-refractivity contribution in [3.63, 3.8) is 0 Å². The number of carbonyl (C=O) groups is 1. The normalized spacial score (nSPS) is 12.1. The summed E-state index contributed by atoms with van der Waals surface area (Å²) in [6, 6.07) is 7.90. The van der Waals surface area contributed by atoms with Gasteiger partial charge in [-0.15, -0.1) is 11.8 Å². The first kappa shape index (κ1) is 13.9. The SMILES string of the molecule is CCCC(Sc1ccc(NCC)cc1)C(=O)O. The number of benzene rings is 1. The van der Waals surface area contributed by atoms with Gasteiger partial charge in [-0.2, -0.15) is 0 Å². The van der Waals surface area contributed by atoms with E-state index in [0.717, 1.165) is 23.5 Å². The van der Waals surface area contributed by atoms with Crippen LogP contribution >= 0.6 is 11.8 Å². The van der Waals surface area contributed by atoms with Crippen LogP contribution < -0.4 is 5.32 Å². The van der Waals surface area contributed by atoms with Crippen LogP contribution in [0.3, 0.4) is 0 Å². The molecule has 2 N–H and O–H groups in total. The zero-order valence-electron chi connectivity index (χ0n) is 10.3. The van der Waals surface area contributed by atoms with E-state index in [2.05, 4.69) is 5.32 Å². The molecule has 94 valence electrons. The number of hydrogen-bond acceptors (Lipinski definition) is 3. The summed E-state index contributed by atoms with van der Waals surface area (Å²) < 4.78 is 0. The van der Waals surface area contributed by atoms with Crippen LogP contribution in [0, 0.1) is 0 Å². The molecule has 1 aromatic carbocycles. The second-order valence-electron chi connectivity index (χ2n) is 3.79. The molecule has 0 fully saturated rings. The summed E-state index contributed by atoms with van der Waals surface area (Å²) in [6.07, 6.45) is 1.59. The highest BCUT2D eigenvalue weighted by Gasteiger charge is 2.17. The summed E-state index contributed by atoms with van der Waals surface area (Å²) in [5, 5.41) is 11.9. The lowest BCUT2D eigenvalue weighted by atomic mass is 10.2. The van der Waals surface area contributed by atoms with Gasteiger partial charge in [-0.1, -0.05) is 13.3 Å². The van der Waals surface area contributed by atoms with E-state index in [1.165, 1.54) is 11.8 Å². The Hall–Kier alpha value is -1.16. The van der Waals surface area contributed by atoms with Crippen LogP contribution in [0.25, 0.3) is 0 Å². The molecule has 0 aliphatic rings. The Kier molecular flexibility index (Phi) is 5.91. The molecule has 0 aliphatic carbocycles. The van der Waals surface area contributed by atoms with E-state index < -0.39 is 5.97 Å². The zero-order chi connectivity index (χ0) is 12.7. The summed E-state index contributed by atoms with van der Waals surface area (Å²) in [5.74, 6) is -0.729. The Bertz CT molecular complexity index is 351. The summed E-state index contributed by atoms with van der Waals surface area (Å²) in [7, 11) is 0. The Labute approximate surface area is 107 Å². The number of carboxylic acids is 1. The van der Waals surface area contributed by atoms with Crippen LogP contribution in [-0.2, 0) is 4.79 Å². The van der Waals surface area contributed by atoms with Crippen molar-refractivity contribution in [1.29, 1.82) is 0 Å². The van der Waals surface area contributed by atoms with Crippen LogP contribution in [0.4, 0.5) is 5.69 Å². The first-order chi connectivity index (χ1) is 8.17. The maximum absolute atomic E-state index is 11.0. The fourth-order valence-electron chi connectivity index (χ4n) is 1.51. The number of hydrogen-bond donors (Lipinski definition) is 2. The quantitative estimate of drug-likeness (QED) is 0.731. The lowest BCUT2D eigenvalue weighted by molar-refractivity contribution is -0.136. The van der Waals surface area contributed by atoms with Crippen LogP contribution in [0.2, 0.25) is 0 Å². The van der Waals surface area contributed by atoms with E-state index in [-0.39, 0.29) is 5.25 Å². The molecule has 4 heteroatoms. The van der Waals surface area contributed by atoms with Gasteiger partial charge < -0.3 is 10.4 Å². The predicted octanol–water partition coefficient (Wildman–Crippen LogP) is 3.46. The first-order valence-electron chi connectivity index (χ1n) is 5.90. The number of thioether (sulfide) groups is 1. The van der Waals surface area contributed by atoms with Gasteiger partial charge >= 0.3 is 5.97 Å². The molecule has 17 heavy (non-hydrogen) atoms. The lowest BCUT2D eigenvalue weighted by Gasteiger charge is -2.11. The van der Waals surface area contributed by atoms with Crippen molar-refractivity contribution >= 4 is 23.4 Å². The predicted molar refractivity (Wildman–Crippen MR) is 72.8 cm³/mol. The fraction of sp³-hybridized carbons (Fsp3) is 0.462. The Morgan fingerprint density at radius 3 is 2.47 bits per heavy atom. The minimum absolute atomic E-state index is 0.343. The Morgan fingerprint density at radius 2 is 2.00 bits per heavy atom. The van der Waals surface area contributed by atoms with Gasteiger partial charge in [0.1, 0.15) is 5.25 Å². The number of rotatable bonds is 7. The Balaban J connectivity index is 2.63. The summed E-state index contributed by atoms with van der Waals surface area (Å²) in [5.41, 5.74) is 1.07. The summed E-state index contributed by atoms with van der Waals surface area (Å²) in [6.45, 7) is 4.94. The van der Waals surface area contributed by atoms with Gasteiger partial charge in [0, 0.05) is 17.1 Å². The molecule has 0 aliphatic heterocycles. The average Bonchev–Trinajstić information content (AvgIpc) is 2.31. The van der Waals surface area contributed by atoms with Crippen LogP contribution in [0.5, 0.6) is 0 Å². The highest BCUT2D eigenvalue weighted by Crippen LogP contribution is 2.27. The molecule has 0 amide bonds. The van der Waals surface area contributed by atoms with Crippen molar-refractivity contribution in [3.05, 3.63) is 24.3 Å². The van der Waals surface area contributed by atoms with Crippen molar-refractivity contribution in [3.8, 4) is 0 Å². The highest BCUT2D eigenvalue weighted by atomic mass is 32.2. The fourth-order valence-corrected chi connectivity index (χ4v) is 2.59. The largest absolute Gasteiger partial charge is 0.480 e. The molecular formula is C13H19NO2S. The maximum Gasteiger partial charge on any atom is 0.316 e. The standard InChI is InChI=1S/C13H19NO2S/c1-3-5-12(13(15)16)17-11-8-6-10(7-9-11)14-4-2/h6-9,12,14H,3-5H2,1-2H3,(H,15,16). The molecule has 0 radical (unpaired) electrons. The number of aliphatic carboxylic acids is 1. The second-order valence-corrected chi connectivity index (χ2v) is 5.06. The molecule has 0 heterocycles. The van der Waals surface area contributed by atoms with Gasteiger partial charge in [0.25, 0.3) is 0 Å². The monoisotopic (exact) mass is 253 g/mol. The molecule has 0 aromatic heterocycles. The van der Waals surface area contributed by atoms with Gasteiger partial charge in [0.2, 0.25) is 0 Å². The van der Waals surface area contributed by atoms with Gasteiger partial charge in [-0.05, 0) is 37.6 Å². The maximum atomic E-state index is 11.0. The minimum atomic E-state index is -0.729. The lowest BCUT2D eigenvalue weighted by Crippen LogP contribution is -2.15. The van der Waals surface area contributed by atoms with E-state index in [0.29, 0.717) is 6.42 Å². The van der Waals surface area contributed by atoms with Gasteiger partial charge in [-0.25, -0.2) is 0 Å². The van der Waals surface area contributed by atoms with Crippen molar-refractivity contribution in [1.82, 2.24) is 0 Å². The van der Waals surface area contributed by atoms with E-state index >= 15 is 0 Å². The van der Waals surface area contributed by atoms with Gasteiger partial charge in [0.15, 0.2) is 0 Å². The summed E-state index contributed by atoms with van der Waals surface area (Å²) in [4.78, 5) is 12.0. The average molecular weight is 253 g/mol. The third-order valence-corrected chi connectivity index (χ3v) is 3.61. The van der Waals surface area contributed by atoms with E-state index in [4.69, 9.17) is 5.11 Å². The van der Waals surface area contributed by atoms with E-state index in [9.17, 15) is 4.79 Å².